The highest BCUT2D eigenvalue weighted by atomic mass is 16.4. The molecule has 66 valence electrons. The molecule has 0 amide bonds. The molecule has 0 bridgehead atoms. The molecule has 0 unspecified atom stereocenters. The first kappa shape index (κ1) is 9.04. The maximum absolute atomic E-state index is 11.0. The van der Waals surface area contributed by atoms with Crippen molar-refractivity contribution in [3.63, 3.8) is 0 Å². The highest BCUT2D eigenvalue weighted by Crippen LogP contribution is 2.33. The second-order valence-corrected chi connectivity index (χ2v) is 3.43. The molecule has 0 saturated heterocycles. The maximum Gasteiger partial charge on any atom is 0.317 e. The molecule has 0 spiro atoms. The van der Waals surface area contributed by atoms with Crippen molar-refractivity contribution in [1.82, 2.24) is 0 Å². The molecule has 0 aromatic carbocycles. The molecule has 1 rings (SSSR count). The molecule has 0 fully saturated rings. The van der Waals surface area contributed by atoms with E-state index < -0.39 is 11.4 Å². The van der Waals surface area contributed by atoms with E-state index >= 15 is 0 Å². The molecule has 0 radical (unpaired) electrons. The quantitative estimate of drug-likeness (QED) is 0.639. The Hall–Kier alpha value is -1.05. The molecule has 1 N–H and O–H groups in total. The second kappa shape index (κ2) is 3.13. The molecule has 1 aliphatic rings. The molecule has 0 heterocycles. The molecule has 12 heavy (non-hydrogen) atoms. The Morgan fingerprint density at radius 1 is 1.42 bits per heavy atom. The van der Waals surface area contributed by atoms with Crippen LogP contribution in [0.5, 0.6) is 0 Å². The third kappa shape index (κ3) is 1.29. The van der Waals surface area contributed by atoms with Crippen LogP contribution in [-0.2, 0) is 4.79 Å². The first-order chi connectivity index (χ1) is 5.59. The van der Waals surface area contributed by atoms with Crippen LogP contribution in [-0.4, -0.2) is 11.1 Å². The van der Waals surface area contributed by atoms with Crippen LogP contribution in [0.2, 0.25) is 0 Å². The summed E-state index contributed by atoms with van der Waals surface area (Å²) in [7, 11) is 0. The first-order valence-electron chi connectivity index (χ1n) is 4.18. The van der Waals surface area contributed by atoms with E-state index in [1.165, 1.54) is 0 Å². The number of carboxylic acid groups (broad SMARTS) is 1. The van der Waals surface area contributed by atoms with E-state index in [-0.39, 0.29) is 5.92 Å². The summed E-state index contributed by atoms with van der Waals surface area (Å²) < 4.78 is 0. The highest BCUT2D eigenvalue weighted by molar-refractivity contribution is 5.80. The molecule has 0 aromatic rings. The summed E-state index contributed by atoms with van der Waals surface area (Å²) in [4.78, 5) is 11.0. The summed E-state index contributed by atoms with van der Waals surface area (Å²) in [6.45, 7) is 3.85. The van der Waals surface area contributed by atoms with Crippen LogP contribution >= 0.6 is 0 Å². The average molecular weight is 166 g/mol. The summed E-state index contributed by atoms with van der Waals surface area (Å²) >= 11 is 0. The fourth-order valence-electron chi connectivity index (χ4n) is 1.43. The lowest BCUT2D eigenvalue weighted by atomic mass is 9.75. The molecule has 2 heteroatoms. The first-order valence-corrected chi connectivity index (χ1v) is 4.18. The Morgan fingerprint density at radius 3 is 2.17 bits per heavy atom. The van der Waals surface area contributed by atoms with Crippen molar-refractivity contribution in [2.24, 2.45) is 11.3 Å². The third-order valence-corrected chi connectivity index (χ3v) is 2.39. The molecular weight excluding hydrogens is 152 g/mol. The van der Waals surface area contributed by atoms with E-state index in [0.717, 1.165) is 6.42 Å². The van der Waals surface area contributed by atoms with Crippen LogP contribution in [0.25, 0.3) is 0 Å². The van der Waals surface area contributed by atoms with Gasteiger partial charge in [-0.1, -0.05) is 38.2 Å². The lowest BCUT2D eigenvalue weighted by Gasteiger charge is -2.28. The van der Waals surface area contributed by atoms with Crippen molar-refractivity contribution in [3.05, 3.63) is 24.3 Å². The Labute approximate surface area is 72.6 Å². The molecule has 0 saturated carbocycles. The van der Waals surface area contributed by atoms with E-state index in [1.54, 1.807) is 12.2 Å². The third-order valence-electron chi connectivity index (χ3n) is 2.39. The fraction of sp³-hybridized carbons (Fsp3) is 0.500. The Morgan fingerprint density at radius 2 is 1.92 bits per heavy atom. The van der Waals surface area contributed by atoms with Gasteiger partial charge in [0.2, 0.25) is 0 Å². The smallest absolute Gasteiger partial charge is 0.317 e. The molecule has 0 aliphatic heterocycles. The van der Waals surface area contributed by atoms with Crippen LogP contribution in [0.3, 0.4) is 0 Å². The zero-order valence-electron chi connectivity index (χ0n) is 7.45. The van der Waals surface area contributed by atoms with Gasteiger partial charge in [-0.2, -0.15) is 0 Å². The Kier molecular flexibility index (Phi) is 2.36. The zero-order valence-corrected chi connectivity index (χ0v) is 7.45. The van der Waals surface area contributed by atoms with Crippen LogP contribution in [0.1, 0.15) is 20.3 Å². The van der Waals surface area contributed by atoms with Gasteiger partial charge in [-0.3, -0.25) is 4.79 Å². The van der Waals surface area contributed by atoms with E-state index in [2.05, 4.69) is 0 Å². The van der Waals surface area contributed by atoms with Gasteiger partial charge in [0.1, 0.15) is 5.41 Å². The summed E-state index contributed by atoms with van der Waals surface area (Å²) in [5, 5.41) is 9.06. The fourth-order valence-corrected chi connectivity index (χ4v) is 1.43. The molecule has 2 nitrogen and oxygen atoms in total. The topological polar surface area (TPSA) is 37.3 Å². The van der Waals surface area contributed by atoms with Gasteiger partial charge >= 0.3 is 5.97 Å². The lowest BCUT2D eigenvalue weighted by Crippen LogP contribution is -2.33. The van der Waals surface area contributed by atoms with E-state index in [9.17, 15) is 4.79 Å². The van der Waals surface area contributed by atoms with Gasteiger partial charge in [0.15, 0.2) is 0 Å². The highest BCUT2D eigenvalue weighted by Gasteiger charge is 2.37. The standard InChI is InChI=1S/C10H14O2/c1-8(2)10(9(11)12)6-4-3-5-7-10/h4-8H,3H2,1-2H3,(H,11,12). The normalized spacial score (nSPS) is 19.9. The number of hydrogen-bond donors (Lipinski definition) is 1. The van der Waals surface area contributed by atoms with Crippen molar-refractivity contribution < 1.29 is 9.90 Å². The number of carbonyl (C=O) groups is 1. The van der Waals surface area contributed by atoms with Gasteiger partial charge in [-0.05, 0) is 12.3 Å². The minimum absolute atomic E-state index is 0.0998. The maximum atomic E-state index is 11.0. The number of allylic oxidation sites excluding steroid dienone is 2. The molecule has 0 aromatic heterocycles. The van der Waals surface area contributed by atoms with Gasteiger partial charge in [-0.15, -0.1) is 0 Å². The second-order valence-electron chi connectivity index (χ2n) is 3.43. The van der Waals surface area contributed by atoms with Crippen LogP contribution in [0.4, 0.5) is 0 Å². The SMILES string of the molecule is CC(C)C1(C(=O)O)C=CCC=C1. The monoisotopic (exact) mass is 166 g/mol. The van der Waals surface area contributed by atoms with Crippen molar-refractivity contribution in [2.75, 3.05) is 0 Å². The number of rotatable bonds is 2. The predicted octanol–water partition coefficient (Wildman–Crippen LogP) is 2.23. The van der Waals surface area contributed by atoms with Crippen LogP contribution < -0.4 is 0 Å². The van der Waals surface area contributed by atoms with Crippen molar-refractivity contribution in [2.45, 2.75) is 20.3 Å². The summed E-state index contributed by atoms with van der Waals surface area (Å²) in [5.41, 5.74) is -0.766. The number of hydrogen-bond acceptors (Lipinski definition) is 1. The summed E-state index contributed by atoms with van der Waals surface area (Å²) in [6.07, 6.45) is 8.25. The van der Waals surface area contributed by atoms with Gasteiger partial charge in [0, 0.05) is 0 Å². The zero-order chi connectivity index (χ0) is 9.19. The minimum Gasteiger partial charge on any atom is -0.480 e. The average Bonchev–Trinajstić information content (AvgIpc) is 2.05. The Bertz CT molecular complexity index is 224. The molecular formula is C10H14O2. The largest absolute Gasteiger partial charge is 0.480 e. The van der Waals surface area contributed by atoms with Gasteiger partial charge in [-0.25, -0.2) is 0 Å². The van der Waals surface area contributed by atoms with Crippen molar-refractivity contribution in [3.8, 4) is 0 Å². The minimum atomic E-state index is -0.766. The van der Waals surface area contributed by atoms with E-state index in [1.807, 2.05) is 26.0 Å². The van der Waals surface area contributed by atoms with E-state index in [0.29, 0.717) is 0 Å². The van der Waals surface area contributed by atoms with E-state index in [4.69, 9.17) is 5.11 Å². The molecule has 0 atom stereocenters. The predicted molar refractivity (Wildman–Crippen MR) is 47.8 cm³/mol. The Balaban J connectivity index is 3.01. The number of carboxylic acids is 1. The van der Waals surface area contributed by atoms with Crippen LogP contribution in [0, 0.1) is 11.3 Å². The summed E-state index contributed by atoms with van der Waals surface area (Å²) in [6, 6.07) is 0. The van der Waals surface area contributed by atoms with Gasteiger partial charge in [0.25, 0.3) is 0 Å². The number of aliphatic carboxylic acids is 1. The van der Waals surface area contributed by atoms with Gasteiger partial charge in [0.05, 0.1) is 0 Å². The van der Waals surface area contributed by atoms with Crippen molar-refractivity contribution in [1.29, 1.82) is 0 Å². The molecule has 1 aliphatic carbocycles. The summed E-state index contributed by atoms with van der Waals surface area (Å²) in [5.74, 6) is -0.660. The van der Waals surface area contributed by atoms with Crippen LogP contribution in [0.15, 0.2) is 24.3 Å². The van der Waals surface area contributed by atoms with Gasteiger partial charge < -0.3 is 5.11 Å². The van der Waals surface area contributed by atoms with Crippen molar-refractivity contribution >= 4 is 5.97 Å². The lowest BCUT2D eigenvalue weighted by molar-refractivity contribution is -0.145.